The van der Waals surface area contributed by atoms with E-state index in [4.69, 9.17) is 5.73 Å². The molecule has 0 atom stereocenters. The van der Waals surface area contributed by atoms with Crippen LogP contribution in [0.2, 0.25) is 0 Å². The average Bonchev–Trinajstić information content (AvgIpc) is 2.29. The molecule has 19 heavy (non-hydrogen) atoms. The summed E-state index contributed by atoms with van der Waals surface area (Å²) in [5, 5.41) is 10.4. The molecule has 0 saturated heterocycles. The standard InChI is InChI=1S/C10H9F2N3O4/c1-14(4-9(13)16)10(17)5-2-7(12)8(15(18)19)3-6(5)11/h2-3H,4H2,1H3,(H2,13,16). The van der Waals surface area contributed by atoms with Gasteiger partial charge in [-0.05, 0) is 6.07 Å². The van der Waals surface area contributed by atoms with E-state index < -0.39 is 46.2 Å². The number of carbonyl (C=O) groups is 2. The molecule has 0 saturated carbocycles. The number of carbonyl (C=O) groups excluding carboxylic acids is 2. The Hall–Kier alpha value is -2.58. The number of amides is 2. The van der Waals surface area contributed by atoms with Gasteiger partial charge in [0.25, 0.3) is 5.91 Å². The van der Waals surface area contributed by atoms with Gasteiger partial charge >= 0.3 is 5.69 Å². The van der Waals surface area contributed by atoms with Crippen molar-refractivity contribution in [3.63, 3.8) is 0 Å². The molecule has 1 aromatic carbocycles. The SMILES string of the molecule is CN(CC(N)=O)C(=O)c1cc(F)c([N+](=O)[O-])cc1F. The van der Waals surface area contributed by atoms with Gasteiger partial charge in [-0.2, -0.15) is 4.39 Å². The monoisotopic (exact) mass is 273 g/mol. The third kappa shape index (κ3) is 3.21. The molecule has 102 valence electrons. The fourth-order valence-corrected chi connectivity index (χ4v) is 1.35. The van der Waals surface area contributed by atoms with E-state index in [1.807, 2.05) is 0 Å². The average molecular weight is 273 g/mol. The number of hydrogen-bond donors (Lipinski definition) is 1. The number of nitro groups is 1. The molecule has 0 unspecified atom stereocenters. The van der Waals surface area contributed by atoms with Crippen LogP contribution in [0.5, 0.6) is 0 Å². The van der Waals surface area contributed by atoms with Gasteiger partial charge in [0.2, 0.25) is 11.7 Å². The molecule has 0 spiro atoms. The summed E-state index contributed by atoms with van der Waals surface area (Å²) in [6.45, 7) is -0.489. The summed E-state index contributed by atoms with van der Waals surface area (Å²) in [6, 6.07) is 0.716. The van der Waals surface area contributed by atoms with E-state index in [0.29, 0.717) is 12.1 Å². The Morgan fingerprint density at radius 2 is 1.95 bits per heavy atom. The molecule has 2 N–H and O–H groups in total. The molecule has 0 fully saturated rings. The molecule has 0 aliphatic heterocycles. The van der Waals surface area contributed by atoms with E-state index >= 15 is 0 Å². The van der Waals surface area contributed by atoms with Crippen LogP contribution in [0.15, 0.2) is 12.1 Å². The van der Waals surface area contributed by atoms with Crippen LogP contribution in [0.25, 0.3) is 0 Å². The minimum atomic E-state index is -1.35. The molecular formula is C10H9F2N3O4. The topological polar surface area (TPSA) is 107 Å². The molecule has 9 heteroatoms. The fraction of sp³-hybridized carbons (Fsp3) is 0.200. The number of nitrogens with zero attached hydrogens (tertiary/aromatic N) is 2. The van der Waals surface area contributed by atoms with Gasteiger partial charge in [0.05, 0.1) is 23.1 Å². The van der Waals surface area contributed by atoms with E-state index in [1.165, 1.54) is 0 Å². The van der Waals surface area contributed by atoms with Gasteiger partial charge in [0.1, 0.15) is 5.82 Å². The smallest absolute Gasteiger partial charge is 0.307 e. The largest absolute Gasteiger partial charge is 0.368 e. The molecular weight excluding hydrogens is 264 g/mol. The van der Waals surface area contributed by atoms with Crippen molar-refractivity contribution in [1.82, 2.24) is 4.90 Å². The molecule has 1 aromatic rings. The van der Waals surface area contributed by atoms with Gasteiger partial charge in [-0.15, -0.1) is 0 Å². The highest BCUT2D eigenvalue weighted by Crippen LogP contribution is 2.22. The normalized spacial score (nSPS) is 10.1. The lowest BCUT2D eigenvalue weighted by atomic mass is 10.1. The maximum atomic E-state index is 13.5. The van der Waals surface area contributed by atoms with Gasteiger partial charge < -0.3 is 10.6 Å². The maximum absolute atomic E-state index is 13.5. The van der Waals surface area contributed by atoms with Crippen molar-refractivity contribution in [3.8, 4) is 0 Å². The summed E-state index contributed by atoms with van der Waals surface area (Å²) in [5.74, 6) is -4.44. The highest BCUT2D eigenvalue weighted by atomic mass is 19.1. The van der Waals surface area contributed by atoms with Gasteiger partial charge in [0.15, 0.2) is 0 Å². The van der Waals surface area contributed by atoms with Gasteiger partial charge in [-0.3, -0.25) is 19.7 Å². The summed E-state index contributed by atoms with van der Waals surface area (Å²) in [4.78, 5) is 32.3. The zero-order valence-corrected chi connectivity index (χ0v) is 9.72. The van der Waals surface area contributed by atoms with Gasteiger partial charge in [-0.25, -0.2) is 4.39 Å². The first kappa shape index (κ1) is 14.5. The Labute approximate surface area is 105 Å². The number of hydrogen-bond acceptors (Lipinski definition) is 4. The molecule has 0 aliphatic rings. The van der Waals surface area contributed by atoms with Crippen LogP contribution in [0.3, 0.4) is 0 Å². The first-order valence-electron chi connectivity index (χ1n) is 4.91. The Balaban J connectivity index is 3.15. The number of benzene rings is 1. The third-order valence-electron chi connectivity index (χ3n) is 2.20. The quantitative estimate of drug-likeness (QED) is 0.634. The van der Waals surface area contributed by atoms with E-state index in [2.05, 4.69) is 0 Å². The van der Waals surface area contributed by atoms with Crippen molar-refractivity contribution in [2.24, 2.45) is 5.73 Å². The zero-order valence-electron chi connectivity index (χ0n) is 9.72. The van der Waals surface area contributed by atoms with Crippen LogP contribution in [0.4, 0.5) is 14.5 Å². The molecule has 0 radical (unpaired) electrons. The van der Waals surface area contributed by atoms with Crippen LogP contribution in [-0.2, 0) is 4.79 Å². The van der Waals surface area contributed by atoms with Crippen LogP contribution >= 0.6 is 0 Å². The van der Waals surface area contributed by atoms with Crippen molar-refractivity contribution in [2.45, 2.75) is 0 Å². The number of primary amides is 1. The molecule has 7 nitrogen and oxygen atoms in total. The second kappa shape index (κ2) is 5.38. The number of halogens is 2. The van der Waals surface area contributed by atoms with Crippen molar-refractivity contribution in [3.05, 3.63) is 39.4 Å². The number of nitrogens with two attached hydrogens (primary N) is 1. The van der Waals surface area contributed by atoms with Crippen LogP contribution in [-0.4, -0.2) is 35.2 Å². The van der Waals surface area contributed by atoms with Crippen LogP contribution < -0.4 is 5.73 Å². The minimum absolute atomic E-state index is 0.306. The number of nitro benzene ring substituents is 1. The molecule has 0 bridgehead atoms. The summed E-state index contributed by atoms with van der Waals surface area (Å²) >= 11 is 0. The van der Waals surface area contributed by atoms with E-state index in [1.54, 1.807) is 0 Å². The number of rotatable bonds is 4. The van der Waals surface area contributed by atoms with Gasteiger partial charge in [0, 0.05) is 7.05 Å². The predicted molar refractivity (Wildman–Crippen MR) is 59.2 cm³/mol. The summed E-state index contributed by atoms with van der Waals surface area (Å²) in [6.07, 6.45) is 0. The first-order chi connectivity index (χ1) is 8.73. The molecule has 0 aliphatic carbocycles. The van der Waals surface area contributed by atoms with E-state index in [9.17, 15) is 28.5 Å². The molecule has 0 heterocycles. The van der Waals surface area contributed by atoms with Gasteiger partial charge in [-0.1, -0.05) is 0 Å². The molecule has 2 amide bonds. The lowest BCUT2D eigenvalue weighted by Crippen LogP contribution is -2.35. The van der Waals surface area contributed by atoms with Crippen molar-refractivity contribution in [1.29, 1.82) is 0 Å². The van der Waals surface area contributed by atoms with Crippen molar-refractivity contribution in [2.75, 3.05) is 13.6 Å². The van der Waals surface area contributed by atoms with Crippen molar-refractivity contribution < 1.29 is 23.3 Å². The molecule has 0 aromatic heterocycles. The highest BCUT2D eigenvalue weighted by Gasteiger charge is 2.24. The summed E-state index contributed by atoms with van der Waals surface area (Å²) in [5.41, 5.74) is 3.06. The Morgan fingerprint density at radius 3 is 2.42 bits per heavy atom. The maximum Gasteiger partial charge on any atom is 0.307 e. The Morgan fingerprint density at radius 1 is 1.37 bits per heavy atom. The lowest BCUT2D eigenvalue weighted by Gasteiger charge is -2.15. The minimum Gasteiger partial charge on any atom is -0.368 e. The van der Waals surface area contributed by atoms with Crippen LogP contribution in [0.1, 0.15) is 10.4 Å². The van der Waals surface area contributed by atoms with Crippen LogP contribution in [0, 0.1) is 21.7 Å². The Kier molecular flexibility index (Phi) is 4.10. The van der Waals surface area contributed by atoms with E-state index in [-0.39, 0.29) is 0 Å². The summed E-state index contributed by atoms with van der Waals surface area (Å²) < 4.78 is 26.8. The third-order valence-corrected chi connectivity index (χ3v) is 2.20. The number of likely N-dealkylation sites (N-methyl/N-ethyl adjacent to an activating group) is 1. The molecule has 1 rings (SSSR count). The fourth-order valence-electron chi connectivity index (χ4n) is 1.35. The zero-order chi connectivity index (χ0) is 14.7. The lowest BCUT2D eigenvalue weighted by molar-refractivity contribution is -0.387. The van der Waals surface area contributed by atoms with E-state index in [0.717, 1.165) is 11.9 Å². The highest BCUT2D eigenvalue weighted by molar-refractivity contribution is 5.96. The Bertz CT molecular complexity index is 562. The summed E-state index contributed by atoms with van der Waals surface area (Å²) in [7, 11) is 1.16. The predicted octanol–water partition coefficient (Wildman–Crippen LogP) is 0.430. The second-order valence-electron chi connectivity index (χ2n) is 3.67. The first-order valence-corrected chi connectivity index (χ1v) is 4.91. The van der Waals surface area contributed by atoms with Crippen molar-refractivity contribution >= 4 is 17.5 Å². The second-order valence-corrected chi connectivity index (χ2v) is 3.67.